The molecule has 0 saturated heterocycles. The molecule has 230 valence electrons. The molecule has 0 spiro atoms. The third-order valence-corrected chi connectivity index (χ3v) is 9.45. The molecular formula is C32H28F2O8STe. The van der Waals surface area contributed by atoms with Gasteiger partial charge in [0.15, 0.2) is 0 Å². The molecule has 4 aromatic carbocycles. The number of alkyl halides is 2. The molecule has 0 aromatic heterocycles. The zero-order valence-corrected chi connectivity index (χ0v) is 27.0. The molecule has 0 aliphatic carbocycles. The van der Waals surface area contributed by atoms with Crippen molar-refractivity contribution in [3.63, 3.8) is 0 Å². The van der Waals surface area contributed by atoms with Crippen LogP contribution in [-0.2, 0) is 24.4 Å². The van der Waals surface area contributed by atoms with Gasteiger partial charge in [-0.15, -0.1) is 0 Å². The third kappa shape index (κ3) is 8.42. The molecule has 1 N–H and O–H groups in total. The monoisotopic (exact) mass is 740 g/mol. The Hall–Kier alpha value is -3.82. The second kappa shape index (κ2) is 13.4. The van der Waals surface area contributed by atoms with Crippen LogP contribution < -0.4 is 16.7 Å². The Morgan fingerprint density at radius 1 is 0.773 bits per heavy atom. The summed E-state index contributed by atoms with van der Waals surface area (Å²) in [7, 11) is -6.03. The molecule has 4 rings (SSSR count). The van der Waals surface area contributed by atoms with E-state index in [4.69, 9.17) is 18.8 Å². The van der Waals surface area contributed by atoms with Crippen LogP contribution in [0.5, 0.6) is 11.5 Å². The summed E-state index contributed by atoms with van der Waals surface area (Å²) in [6, 6.07) is 28.2. The summed E-state index contributed by atoms with van der Waals surface area (Å²) >= 11 is -1.12. The predicted octanol–water partition coefficient (Wildman–Crippen LogP) is 4.78. The van der Waals surface area contributed by atoms with Crippen molar-refractivity contribution in [3.8, 4) is 33.8 Å². The van der Waals surface area contributed by atoms with E-state index in [1.54, 1.807) is 69.3 Å². The van der Waals surface area contributed by atoms with Crippen LogP contribution in [0.2, 0.25) is 0 Å². The van der Waals surface area contributed by atoms with E-state index in [0.29, 0.717) is 11.3 Å². The molecule has 12 heteroatoms. The van der Waals surface area contributed by atoms with Gasteiger partial charge in [-0.25, -0.2) is 0 Å². The summed E-state index contributed by atoms with van der Waals surface area (Å²) in [5.41, 5.74) is 1.80. The normalized spacial score (nSPS) is 12.0. The Morgan fingerprint density at radius 2 is 1.25 bits per heavy atom. The standard InChI is InChI=1S/C32H28F2O8STe/c1-31(2,3)42-29(35)20-40-27-16-14-23(18-25(27)21-10-6-4-7-11-21)44-24-15-17-28(26(19-24)22-12-8-5-9-13-22)41-30(36)32(33,34)43(37,38)39/h4-19H,20H2,1-3H3,(H,37,38,39). The molecule has 0 heterocycles. The first-order chi connectivity index (χ1) is 20.6. The summed E-state index contributed by atoms with van der Waals surface area (Å²) in [5, 5.41) is -5.14. The molecule has 44 heavy (non-hydrogen) atoms. The van der Waals surface area contributed by atoms with Crippen LogP contribution in [-0.4, -0.2) is 63.3 Å². The van der Waals surface area contributed by atoms with E-state index in [-0.39, 0.29) is 17.9 Å². The van der Waals surface area contributed by atoms with E-state index in [9.17, 15) is 26.8 Å². The van der Waals surface area contributed by atoms with Gasteiger partial charge in [0.2, 0.25) is 0 Å². The SMILES string of the molecule is CC(C)(C)OC(=O)COc1ccc([Te]c2ccc(OC(=O)C(F)(F)S(=O)(=O)O)c(-c3ccccc3)c2)cc1-c1ccccc1. The summed E-state index contributed by atoms with van der Waals surface area (Å²) in [5.74, 6) is -2.73. The van der Waals surface area contributed by atoms with E-state index in [0.717, 1.165) is 18.3 Å². The average molecular weight is 738 g/mol. The van der Waals surface area contributed by atoms with E-state index in [1.807, 2.05) is 42.5 Å². The van der Waals surface area contributed by atoms with E-state index < -0.39 is 53.8 Å². The van der Waals surface area contributed by atoms with Crippen molar-refractivity contribution in [2.24, 2.45) is 0 Å². The number of ether oxygens (including phenoxy) is 3. The Morgan fingerprint density at radius 3 is 1.73 bits per heavy atom. The molecule has 0 amide bonds. The molecular weight excluding hydrogens is 710 g/mol. The van der Waals surface area contributed by atoms with Crippen LogP contribution in [0.25, 0.3) is 22.3 Å². The molecule has 0 aliphatic rings. The topological polar surface area (TPSA) is 116 Å². The second-order valence-corrected chi connectivity index (χ2v) is 15.1. The van der Waals surface area contributed by atoms with E-state index >= 15 is 0 Å². The molecule has 0 radical (unpaired) electrons. The minimum absolute atomic E-state index is 0.273. The molecule has 0 bridgehead atoms. The molecule has 0 atom stereocenters. The van der Waals surface area contributed by atoms with E-state index in [1.165, 1.54) is 6.07 Å². The summed E-state index contributed by atoms with van der Waals surface area (Å²) < 4.78 is 76.7. The Labute approximate surface area is 263 Å². The zero-order chi connectivity index (χ0) is 32.1. The predicted molar refractivity (Wildman–Crippen MR) is 162 cm³/mol. The third-order valence-electron chi connectivity index (χ3n) is 5.84. The maximum absolute atomic E-state index is 14.0. The molecule has 0 saturated carbocycles. The zero-order valence-electron chi connectivity index (χ0n) is 23.8. The van der Waals surface area contributed by atoms with Gasteiger partial charge in [-0.1, -0.05) is 0 Å². The van der Waals surface area contributed by atoms with Crippen LogP contribution in [0, 0.1) is 0 Å². The average Bonchev–Trinajstić information content (AvgIpc) is 2.96. The van der Waals surface area contributed by atoms with Gasteiger partial charge in [-0.2, -0.15) is 0 Å². The molecule has 4 aromatic rings. The van der Waals surface area contributed by atoms with Crippen molar-refractivity contribution in [2.75, 3.05) is 6.61 Å². The Kier molecular flexibility index (Phi) is 10.1. The number of carbonyl (C=O) groups excluding carboxylic acids is 2. The molecule has 0 aliphatic heterocycles. The number of halogens is 2. The van der Waals surface area contributed by atoms with E-state index in [2.05, 4.69) is 0 Å². The van der Waals surface area contributed by atoms with Gasteiger partial charge < -0.3 is 0 Å². The van der Waals surface area contributed by atoms with Crippen LogP contribution in [0.1, 0.15) is 20.8 Å². The van der Waals surface area contributed by atoms with Crippen LogP contribution in [0.3, 0.4) is 0 Å². The van der Waals surface area contributed by atoms with Crippen LogP contribution >= 0.6 is 0 Å². The van der Waals surface area contributed by atoms with Crippen molar-refractivity contribution in [1.29, 1.82) is 0 Å². The quantitative estimate of drug-likeness (QED) is 0.107. The minimum atomic E-state index is -6.03. The van der Waals surface area contributed by atoms with Crippen molar-refractivity contribution in [3.05, 3.63) is 97.1 Å². The van der Waals surface area contributed by atoms with Gasteiger partial charge in [0.1, 0.15) is 0 Å². The van der Waals surface area contributed by atoms with Crippen molar-refractivity contribution >= 4 is 50.2 Å². The number of hydrogen-bond donors (Lipinski definition) is 1. The summed E-state index contributed by atoms with van der Waals surface area (Å²) in [6.07, 6.45) is 0. The van der Waals surface area contributed by atoms with Crippen molar-refractivity contribution < 1.29 is 45.6 Å². The summed E-state index contributed by atoms with van der Waals surface area (Å²) in [6.45, 7) is 5.04. The number of esters is 2. The Balaban J connectivity index is 1.66. The first-order valence-electron chi connectivity index (χ1n) is 13.1. The second-order valence-electron chi connectivity index (χ2n) is 10.4. The fourth-order valence-corrected chi connectivity index (χ4v) is 6.77. The number of hydrogen-bond acceptors (Lipinski definition) is 7. The molecule has 0 fully saturated rings. The fourth-order valence-electron chi connectivity index (χ4n) is 3.95. The first kappa shape index (κ1) is 33.1. The number of carbonyl (C=O) groups is 2. The molecule has 0 unspecified atom stereocenters. The van der Waals surface area contributed by atoms with Gasteiger partial charge in [-0.3, -0.25) is 0 Å². The number of benzene rings is 4. The van der Waals surface area contributed by atoms with Gasteiger partial charge in [0, 0.05) is 0 Å². The Bertz CT molecular complexity index is 1760. The van der Waals surface area contributed by atoms with Gasteiger partial charge in [0.05, 0.1) is 0 Å². The fraction of sp³-hybridized carbons (Fsp3) is 0.188. The van der Waals surface area contributed by atoms with Crippen molar-refractivity contribution in [2.45, 2.75) is 31.6 Å². The van der Waals surface area contributed by atoms with Crippen LogP contribution in [0.4, 0.5) is 8.78 Å². The van der Waals surface area contributed by atoms with Crippen LogP contribution in [0.15, 0.2) is 97.1 Å². The first-order valence-corrected chi connectivity index (χ1v) is 16.9. The van der Waals surface area contributed by atoms with Gasteiger partial charge in [0.25, 0.3) is 0 Å². The maximum atomic E-state index is 14.0. The molecule has 8 nitrogen and oxygen atoms in total. The van der Waals surface area contributed by atoms with Crippen molar-refractivity contribution in [1.82, 2.24) is 0 Å². The van der Waals surface area contributed by atoms with Gasteiger partial charge >= 0.3 is 265 Å². The number of rotatable bonds is 10. The summed E-state index contributed by atoms with van der Waals surface area (Å²) in [4.78, 5) is 24.3. The van der Waals surface area contributed by atoms with Gasteiger partial charge in [-0.05, 0) is 0 Å².